The zero-order valence-electron chi connectivity index (χ0n) is 21.4. The summed E-state index contributed by atoms with van der Waals surface area (Å²) in [5.74, 6) is 0.203. The largest absolute Gasteiger partial charge is 0.493 e. The predicted molar refractivity (Wildman–Crippen MR) is 144 cm³/mol. The molecule has 0 radical (unpaired) electrons. The summed E-state index contributed by atoms with van der Waals surface area (Å²) in [5.41, 5.74) is 1.72. The van der Waals surface area contributed by atoms with Crippen LogP contribution in [0.3, 0.4) is 0 Å². The number of carbonyl (C=O) groups excluding carboxylic acids is 3. The Bertz CT molecular complexity index is 1450. The van der Waals surface area contributed by atoms with Gasteiger partial charge in [0.25, 0.3) is 17.5 Å². The third kappa shape index (κ3) is 6.09. The number of hydrogen-bond acceptors (Lipinski definition) is 8. The molecule has 0 aromatic heterocycles. The van der Waals surface area contributed by atoms with Crippen LogP contribution in [0.4, 0.5) is 11.4 Å². The van der Waals surface area contributed by atoms with Crippen LogP contribution in [0.1, 0.15) is 56.4 Å². The molecule has 11 heteroatoms. The Morgan fingerprint density at radius 2 is 1.87 bits per heavy atom. The number of ether oxygens (including phenoxy) is 2. The molecule has 3 aromatic carbocycles. The van der Waals surface area contributed by atoms with Crippen molar-refractivity contribution < 1.29 is 28.8 Å². The highest BCUT2D eigenvalue weighted by molar-refractivity contribution is 6.08. The number of nitrogens with one attached hydrogen (secondary N) is 1. The van der Waals surface area contributed by atoms with Gasteiger partial charge in [0, 0.05) is 35.0 Å². The van der Waals surface area contributed by atoms with Gasteiger partial charge in [-0.3, -0.25) is 24.5 Å². The minimum Gasteiger partial charge on any atom is -0.493 e. The smallest absolute Gasteiger partial charge is 0.282 e. The number of carbonyl (C=O) groups is 3. The summed E-state index contributed by atoms with van der Waals surface area (Å²) < 4.78 is 11.0. The summed E-state index contributed by atoms with van der Waals surface area (Å²) in [4.78, 5) is 47.4. The van der Waals surface area contributed by atoms with Gasteiger partial charge in [-0.25, -0.2) is 5.01 Å². The molecule has 4 rings (SSSR count). The molecule has 0 saturated heterocycles. The van der Waals surface area contributed by atoms with Crippen LogP contribution in [-0.4, -0.2) is 54.0 Å². The van der Waals surface area contributed by atoms with Gasteiger partial charge in [0.15, 0.2) is 11.5 Å². The maximum Gasteiger partial charge on any atom is 0.282 e. The first-order valence-electron chi connectivity index (χ1n) is 12.2. The number of anilines is 1. The number of benzene rings is 3. The van der Waals surface area contributed by atoms with Gasteiger partial charge in [-0.1, -0.05) is 6.07 Å². The monoisotopic (exact) mass is 530 g/mol. The molecule has 1 N–H and O–H groups in total. The molecule has 200 valence electrons. The summed E-state index contributed by atoms with van der Waals surface area (Å²) in [6.45, 7) is 2.82. The molecular formula is C28H26N4O7. The Morgan fingerprint density at radius 1 is 1.10 bits per heavy atom. The van der Waals surface area contributed by atoms with Gasteiger partial charge in [-0.05, 0) is 68.3 Å². The third-order valence-corrected chi connectivity index (χ3v) is 6.04. The fraction of sp³-hybridized carbons (Fsp3) is 0.214. The highest BCUT2D eigenvalue weighted by Gasteiger charge is 2.23. The van der Waals surface area contributed by atoms with Gasteiger partial charge in [0.05, 0.1) is 24.4 Å². The van der Waals surface area contributed by atoms with Crippen LogP contribution in [-0.2, 0) is 0 Å². The van der Waals surface area contributed by atoms with E-state index in [0.29, 0.717) is 48.6 Å². The first kappa shape index (κ1) is 27.0. The maximum absolute atomic E-state index is 13.2. The number of aldehydes is 1. The second kappa shape index (κ2) is 12.0. The first-order chi connectivity index (χ1) is 18.8. The van der Waals surface area contributed by atoms with Gasteiger partial charge in [-0.2, -0.15) is 5.10 Å². The molecule has 1 aliphatic heterocycles. The first-order valence-corrected chi connectivity index (χ1v) is 12.2. The Labute approximate surface area is 224 Å². The standard InChI is InChI=1S/C28H26N4O7/c1-3-39-26-16-20(9-13-25(26)38-2)23-5-4-14-31(30-23)28(35)19-7-10-21(11-8-19)29-27(34)22-12-6-18(17-33)15-24(22)32(36)37/h6-13,15-17H,3-5,14H2,1-2H3,(H,29,34). The van der Waals surface area contributed by atoms with Gasteiger partial charge in [0.2, 0.25) is 0 Å². The average Bonchev–Trinajstić information content (AvgIpc) is 2.97. The topological polar surface area (TPSA) is 140 Å². The van der Waals surface area contributed by atoms with Crippen molar-refractivity contribution in [3.05, 3.63) is 93.0 Å². The molecule has 0 fully saturated rings. The molecule has 39 heavy (non-hydrogen) atoms. The summed E-state index contributed by atoms with van der Waals surface area (Å²) in [7, 11) is 1.57. The Morgan fingerprint density at radius 3 is 2.54 bits per heavy atom. The molecule has 0 spiro atoms. The van der Waals surface area contributed by atoms with Crippen LogP contribution < -0.4 is 14.8 Å². The molecule has 2 amide bonds. The zero-order valence-corrected chi connectivity index (χ0v) is 21.4. The number of methoxy groups -OCH3 is 1. The molecule has 0 saturated carbocycles. The van der Waals surface area contributed by atoms with Gasteiger partial charge < -0.3 is 14.8 Å². The highest BCUT2D eigenvalue weighted by atomic mass is 16.6. The van der Waals surface area contributed by atoms with Crippen LogP contribution >= 0.6 is 0 Å². The van der Waals surface area contributed by atoms with Crippen molar-refractivity contribution in [1.82, 2.24) is 5.01 Å². The maximum atomic E-state index is 13.2. The van der Waals surface area contributed by atoms with Crippen LogP contribution in [0.5, 0.6) is 11.5 Å². The van der Waals surface area contributed by atoms with E-state index < -0.39 is 16.5 Å². The van der Waals surface area contributed by atoms with Crippen LogP contribution in [0.25, 0.3) is 0 Å². The van der Waals surface area contributed by atoms with E-state index in [0.717, 1.165) is 23.8 Å². The number of hydrogen-bond donors (Lipinski definition) is 1. The molecule has 0 aliphatic carbocycles. The van der Waals surface area contributed by atoms with Gasteiger partial charge in [-0.15, -0.1) is 0 Å². The van der Waals surface area contributed by atoms with E-state index in [2.05, 4.69) is 10.4 Å². The highest BCUT2D eigenvalue weighted by Crippen LogP contribution is 2.30. The molecule has 3 aromatic rings. The lowest BCUT2D eigenvalue weighted by Gasteiger charge is -2.24. The van der Waals surface area contributed by atoms with Crippen molar-refractivity contribution in [2.75, 3.05) is 25.6 Å². The van der Waals surface area contributed by atoms with E-state index in [1.54, 1.807) is 19.2 Å². The Kier molecular flexibility index (Phi) is 8.30. The average molecular weight is 531 g/mol. The summed E-state index contributed by atoms with van der Waals surface area (Å²) in [6, 6.07) is 15.3. The molecule has 0 unspecified atom stereocenters. The minimum atomic E-state index is -0.722. The molecule has 1 heterocycles. The molecular weight excluding hydrogens is 504 g/mol. The third-order valence-electron chi connectivity index (χ3n) is 6.04. The molecule has 0 bridgehead atoms. The Hall–Kier alpha value is -5.06. The summed E-state index contributed by atoms with van der Waals surface area (Å²) >= 11 is 0. The van der Waals surface area contributed by atoms with Crippen molar-refractivity contribution in [3.8, 4) is 11.5 Å². The van der Waals surface area contributed by atoms with E-state index in [-0.39, 0.29) is 17.0 Å². The molecule has 0 atom stereocenters. The van der Waals surface area contributed by atoms with E-state index in [1.807, 2.05) is 25.1 Å². The summed E-state index contributed by atoms with van der Waals surface area (Å²) in [5, 5.41) is 19.9. The van der Waals surface area contributed by atoms with Crippen molar-refractivity contribution in [2.45, 2.75) is 19.8 Å². The number of rotatable bonds is 9. The lowest BCUT2D eigenvalue weighted by molar-refractivity contribution is -0.385. The second-order valence-electron chi connectivity index (χ2n) is 8.56. The normalized spacial score (nSPS) is 12.8. The van der Waals surface area contributed by atoms with E-state index in [1.165, 1.54) is 29.3 Å². The number of nitro benzene ring substituents is 1. The van der Waals surface area contributed by atoms with Crippen molar-refractivity contribution in [3.63, 3.8) is 0 Å². The van der Waals surface area contributed by atoms with E-state index >= 15 is 0 Å². The van der Waals surface area contributed by atoms with Crippen molar-refractivity contribution in [1.29, 1.82) is 0 Å². The van der Waals surface area contributed by atoms with E-state index in [9.17, 15) is 24.5 Å². The fourth-order valence-electron chi connectivity index (χ4n) is 4.12. The number of hydrazone groups is 1. The van der Waals surface area contributed by atoms with Crippen LogP contribution in [0.2, 0.25) is 0 Å². The SMILES string of the molecule is CCOc1cc(C2=NN(C(=O)c3ccc(NC(=O)c4ccc(C=O)cc4[N+](=O)[O-])cc3)CCC2)ccc1OC. The number of amides is 2. The number of nitrogens with zero attached hydrogens (tertiary/aromatic N) is 3. The second-order valence-corrected chi connectivity index (χ2v) is 8.56. The quantitative estimate of drug-likeness (QED) is 0.240. The lowest BCUT2D eigenvalue weighted by atomic mass is 10.0. The van der Waals surface area contributed by atoms with Crippen molar-refractivity contribution >= 4 is 35.2 Å². The zero-order chi connectivity index (χ0) is 27.9. The van der Waals surface area contributed by atoms with Crippen molar-refractivity contribution in [2.24, 2.45) is 5.10 Å². The minimum absolute atomic E-state index is 0.0892. The van der Waals surface area contributed by atoms with Gasteiger partial charge in [0.1, 0.15) is 11.8 Å². The van der Waals surface area contributed by atoms with E-state index in [4.69, 9.17) is 9.47 Å². The van der Waals surface area contributed by atoms with Crippen LogP contribution in [0.15, 0.2) is 65.8 Å². The van der Waals surface area contributed by atoms with Gasteiger partial charge >= 0.3 is 0 Å². The molecule has 11 nitrogen and oxygen atoms in total. The van der Waals surface area contributed by atoms with Crippen LogP contribution in [0, 0.1) is 10.1 Å². The molecule has 1 aliphatic rings. The lowest BCUT2D eigenvalue weighted by Crippen LogP contribution is -2.32. The Balaban J connectivity index is 1.49. The fourth-order valence-corrected chi connectivity index (χ4v) is 4.12. The predicted octanol–water partition coefficient (Wildman–Crippen LogP) is 4.71. The number of nitro groups is 1. The summed E-state index contributed by atoms with van der Waals surface area (Å²) in [6.07, 6.45) is 1.90.